The zero-order valence-electron chi connectivity index (χ0n) is 7.38. The minimum Gasteiger partial charge on any atom is -0.481 e. The number of hydrogen-bond acceptors (Lipinski definition) is 1. The molecule has 13 heavy (non-hydrogen) atoms. The van der Waals surface area contributed by atoms with E-state index in [4.69, 9.17) is 16.7 Å². The molecule has 3 heteroatoms. The molecule has 0 fully saturated rings. The van der Waals surface area contributed by atoms with E-state index in [1.807, 2.05) is 19.1 Å². The van der Waals surface area contributed by atoms with Crippen molar-refractivity contribution in [2.75, 3.05) is 0 Å². The molecule has 0 aliphatic carbocycles. The van der Waals surface area contributed by atoms with Gasteiger partial charge in [-0.25, -0.2) is 0 Å². The molecule has 2 nitrogen and oxygen atoms in total. The van der Waals surface area contributed by atoms with Crippen LogP contribution >= 0.6 is 11.6 Å². The number of hydrogen-bond donors (Lipinski definition) is 1. The number of aliphatic carboxylic acids is 1. The van der Waals surface area contributed by atoms with Gasteiger partial charge in [-0.1, -0.05) is 36.7 Å². The third-order valence-corrected chi connectivity index (χ3v) is 2.37. The zero-order valence-corrected chi connectivity index (χ0v) is 8.14. The van der Waals surface area contributed by atoms with Crippen LogP contribution in [-0.4, -0.2) is 11.1 Å². The van der Waals surface area contributed by atoms with Gasteiger partial charge in [-0.15, -0.1) is 0 Å². The van der Waals surface area contributed by atoms with E-state index in [0.717, 1.165) is 12.0 Å². The normalized spacial score (nSPS) is 10.0. The van der Waals surface area contributed by atoms with Gasteiger partial charge >= 0.3 is 5.97 Å². The van der Waals surface area contributed by atoms with Crippen LogP contribution in [-0.2, 0) is 17.6 Å². The molecule has 0 unspecified atom stereocenters. The highest BCUT2D eigenvalue weighted by Crippen LogP contribution is 2.21. The molecule has 0 aliphatic rings. The molecule has 1 aromatic rings. The smallest absolute Gasteiger partial charge is 0.307 e. The topological polar surface area (TPSA) is 37.3 Å². The minimum absolute atomic E-state index is 0.00727. The van der Waals surface area contributed by atoms with Gasteiger partial charge in [0.05, 0.1) is 6.42 Å². The number of rotatable bonds is 3. The second kappa shape index (κ2) is 4.28. The van der Waals surface area contributed by atoms with E-state index in [-0.39, 0.29) is 6.42 Å². The van der Waals surface area contributed by atoms with Gasteiger partial charge in [0.2, 0.25) is 0 Å². The molecule has 0 atom stereocenters. The highest BCUT2D eigenvalue weighted by atomic mass is 35.5. The number of aryl methyl sites for hydroxylation is 1. The highest BCUT2D eigenvalue weighted by Gasteiger charge is 2.07. The van der Waals surface area contributed by atoms with E-state index in [2.05, 4.69) is 0 Å². The Hall–Kier alpha value is -1.02. The van der Waals surface area contributed by atoms with Gasteiger partial charge in [-0.05, 0) is 17.5 Å². The van der Waals surface area contributed by atoms with Crippen LogP contribution in [0.15, 0.2) is 18.2 Å². The van der Waals surface area contributed by atoms with E-state index >= 15 is 0 Å². The Bertz CT molecular complexity index is 321. The van der Waals surface area contributed by atoms with Crippen LogP contribution in [0.5, 0.6) is 0 Å². The van der Waals surface area contributed by atoms with Gasteiger partial charge in [0, 0.05) is 5.02 Å². The number of carbonyl (C=O) groups is 1. The summed E-state index contributed by atoms with van der Waals surface area (Å²) in [5, 5.41) is 9.19. The van der Waals surface area contributed by atoms with E-state index in [0.29, 0.717) is 10.6 Å². The quantitative estimate of drug-likeness (QED) is 0.811. The molecule has 0 spiro atoms. The molecule has 1 aromatic carbocycles. The summed E-state index contributed by atoms with van der Waals surface area (Å²) in [5.74, 6) is -0.852. The van der Waals surface area contributed by atoms with E-state index in [1.54, 1.807) is 6.07 Å². The minimum atomic E-state index is -0.852. The number of halogens is 1. The van der Waals surface area contributed by atoms with E-state index < -0.39 is 5.97 Å². The van der Waals surface area contributed by atoms with Gasteiger partial charge < -0.3 is 5.11 Å². The summed E-state index contributed by atoms with van der Waals surface area (Å²) in [6.45, 7) is 1.99. The summed E-state index contributed by atoms with van der Waals surface area (Å²) in [4.78, 5) is 10.5. The van der Waals surface area contributed by atoms with Crippen molar-refractivity contribution in [1.82, 2.24) is 0 Å². The number of benzene rings is 1. The van der Waals surface area contributed by atoms with Gasteiger partial charge in [0.1, 0.15) is 0 Å². The lowest BCUT2D eigenvalue weighted by molar-refractivity contribution is -0.136. The molecule has 0 saturated carbocycles. The maximum Gasteiger partial charge on any atom is 0.307 e. The maximum absolute atomic E-state index is 10.5. The third kappa shape index (κ3) is 2.46. The molecule has 1 N–H and O–H groups in total. The lowest BCUT2D eigenvalue weighted by atomic mass is 10.1. The molecule has 0 heterocycles. The van der Waals surface area contributed by atoms with Gasteiger partial charge in [0.25, 0.3) is 0 Å². The third-order valence-electron chi connectivity index (χ3n) is 1.88. The zero-order chi connectivity index (χ0) is 9.84. The molecule has 1 rings (SSSR count). The molecule has 0 radical (unpaired) electrons. The average Bonchev–Trinajstić information content (AvgIpc) is 2.08. The molecule has 0 aliphatic heterocycles. The molecular formula is C10H11ClO2. The van der Waals surface area contributed by atoms with Crippen LogP contribution in [0, 0.1) is 0 Å². The lowest BCUT2D eigenvalue weighted by Crippen LogP contribution is -2.01. The Morgan fingerprint density at radius 3 is 2.62 bits per heavy atom. The number of carboxylic acid groups (broad SMARTS) is 1. The second-order valence-corrected chi connectivity index (χ2v) is 3.19. The average molecular weight is 199 g/mol. The summed E-state index contributed by atoms with van der Waals surface area (Å²) in [7, 11) is 0. The first-order chi connectivity index (χ1) is 6.15. The maximum atomic E-state index is 10.5. The van der Waals surface area contributed by atoms with Crippen molar-refractivity contribution in [3.8, 4) is 0 Å². The first kappa shape index (κ1) is 10.1. The Labute approximate surface area is 82.2 Å². The monoisotopic (exact) mass is 198 g/mol. The van der Waals surface area contributed by atoms with Crippen molar-refractivity contribution in [2.24, 2.45) is 0 Å². The summed E-state index contributed by atoms with van der Waals surface area (Å²) in [6.07, 6.45) is 0.818. The number of carboxylic acids is 1. The van der Waals surface area contributed by atoms with Crippen molar-refractivity contribution in [1.29, 1.82) is 0 Å². The molecular weight excluding hydrogens is 188 g/mol. The van der Waals surface area contributed by atoms with E-state index in [9.17, 15) is 4.79 Å². The standard InChI is InChI=1S/C10H11ClO2/c1-2-7-4-3-5-8(10(7)11)6-9(12)13/h3-5H,2,6H2,1H3,(H,12,13). The first-order valence-corrected chi connectivity index (χ1v) is 4.51. The molecule has 70 valence electrons. The van der Waals surface area contributed by atoms with Gasteiger partial charge in [0.15, 0.2) is 0 Å². The summed E-state index contributed by atoms with van der Waals surface area (Å²) >= 11 is 5.99. The fourth-order valence-electron chi connectivity index (χ4n) is 1.21. The van der Waals surface area contributed by atoms with Crippen molar-refractivity contribution >= 4 is 17.6 Å². The fraction of sp³-hybridized carbons (Fsp3) is 0.300. The van der Waals surface area contributed by atoms with Crippen LogP contribution in [0.1, 0.15) is 18.1 Å². The van der Waals surface area contributed by atoms with Crippen molar-refractivity contribution in [2.45, 2.75) is 19.8 Å². The largest absolute Gasteiger partial charge is 0.481 e. The van der Waals surface area contributed by atoms with Crippen LogP contribution in [0.25, 0.3) is 0 Å². The van der Waals surface area contributed by atoms with Crippen molar-refractivity contribution < 1.29 is 9.90 Å². The Morgan fingerprint density at radius 2 is 2.08 bits per heavy atom. The van der Waals surface area contributed by atoms with Gasteiger partial charge in [-0.3, -0.25) is 4.79 Å². The predicted molar refractivity (Wildman–Crippen MR) is 52.2 cm³/mol. The molecule has 0 saturated heterocycles. The highest BCUT2D eigenvalue weighted by molar-refractivity contribution is 6.32. The predicted octanol–water partition coefficient (Wildman–Crippen LogP) is 2.53. The molecule has 0 bridgehead atoms. The lowest BCUT2D eigenvalue weighted by Gasteiger charge is -2.05. The summed E-state index contributed by atoms with van der Waals surface area (Å²) < 4.78 is 0. The fourth-order valence-corrected chi connectivity index (χ4v) is 1.53. The van der Waals surface area contributed by atoms with Crippen LogP contribution in [0.3, 0.4) is 0 Å². The van der Waals surface area contributed by atoms with E-state index in [1.165, 1.54) is 0 Å². The summed E-state index contributed by atoms with van der Waals surface area (Å²) in [6, 6.07) is 5.49. The SMILES string of the molecule is CCc1cccc(CC(=O)O)c1Cl. The molecule has 0 amide bonds. The Balaban J connectivity index is 3.01. The van der Waals surface area contributed by atoms with Crippen molar-refractivity contribution in [3.05, 3.63) is 34.3 Å². The molecule has 0 aromatic heterocycles. The summed E-state index contributed by atoms with van der Waals surface area (Å²) in [5.41, 5.74) is 1.69. The van der Waals surface area contributed by atoms with Crippen LogP contribution < -0.4 is 0 Å². The Kier molecular flexibility index (Phi) is 3.32. The van der Waals surface area contributed by atoms with Gasteiger partial charge in [-0.2, -0.15) is 0 Å². The van der Waals surface area contributed by atoms with Crippen molar-refractivity contribution in [3.63, 3.8) is 0 Å². The van der Waals surface area contributed by atoms with Crippen LogP contribution in [0.4, 0.5) is 0 Å². The second-order valence-electron chi connectivity index (χ2n) is 2.81. The first-order valence-electron chi connectivity index (χ1n) is 4.13. The van der Waals surface area contributed by atoms with Crippen LogP contribution in [0.2, 0.25) is 5.02 Å². The Morgan fingerprint density at radius 1 is 1.46 bits per heavy atom.